The molecule has 8 heteroatoms. The van der Waals surface area contributed by atoms with Crippen LogP contribution in [0.25, 0.3) is 11.0 Å². The Hall–Kier alpha value is -2.06. The SMILES string of the molecule is Cc1c(C(=O)O)c2cccnc2n1C(C)C1CCC(N2CC(OC(F)F)C2)CC1. The number of likely N-dealkylation sites (tertiary alicyclic amines) is 1. The maximum Gasteiger partial charge on any atom is 0.345 e. The Bertz CT molecular complexity index is 887. The molecule has 0 spiro atoms. The summed E-state index contributed by atoms with van der Waals surface area (Å²) in [4.78, 5) is 18.5. The van der Waals surface area contributed by atoms with E-state index < -0.39 is 12.6 Å². The number of nitrogens with zero attached hydrogens (tertiary/aromatic N) is 3. The van der Waals surface area contributed by atoms with E-state index in [1.807, 2.05) is 13.0 Å². The molecule has 2 fully saturated rings. The molecule has 29 heavy (non-hydrogen) atoms. The molecule has 0 bridgehead atoms. The van der Waals surface area contributed by atoms with Crippen molar-refractivity contribution in [3.05, 3.63) is 29.6 Å². The Labute approximate surface area is 168 Å². The van der Waals surface area contributed by atoms with Crippen LogP contribution in [-0.2, 0) is 4.74 Å². The first-order chi connectivity index (χ1) is 13.9. The van der Waals surface area contributed by atoms with Crippen molar-refractivity contribution in [1.82, 2.24) is 14.5 Å². The minimum Gasteiger partial charge on any atom is -0.478 e. The van der Waals surface area contributed by atoms with E-state index in [0.29, 0.717) is 36.0 Å². The van der Waals surface area contributed by atoms with E-state index in [0.717, 1.165) is 37.0 Å². The third-order valence-corrected chi connectivity index (χ3v) is 6.74. The lowest BCUT2D eigenvalue weighted by molar-refractivity contribution is -0.202. The van der Waals surface area contributed by atoms with Crippen molar-refractivity contribution in [2.45, 2.75) is 64.3 Å². The van der Waals surface area contributed by atoms with E-state index in [-0.39, 0.29) is 12.1 Å². The third kappa shape index (κ3) is 3.75. The average Bonchev–Trinajstić information content (AvgIpc) is 2.95. The fourth-order valence-corrected chi connectivity index (χ4v) is 5.19. The van der Waals surface area contributed by atoms with E-state index in [4.69, 9.17) is 0 Å². The molecule has 1 N–H and O–H groups in total. The standard InChI is InChI=1S/C21H27F2N3O3/c1-12(26-13(2)18(20(27)28)17-4-3-9-24-19(17)26)14-5-7-15(8-6-14)25-10-16(11-25)29-21(22)23/h3-4,9,12,14-16,21H,5-8,10-11H2,1-2H3,(H,27,28). The summed E-state index contributed by atoms with van der Waals surface area (Å²) in [5.74, 6) is -0.493. The molecule has 1 saturated heterocycles. The van der Waals surface area contributed by atoms with Gasteiger partial charge in [0.25, 0.3) is 0 Å². The number of carbonyl (C=O) groups is 1. The summed E-state index contributed by atoms with van der Waals surface area (Å²) in [6.07, 6.45) is 5.45. The van der Waals surface area contributed by atoms with Crippen LogP contribution >= 0.6 is 0 Å². The number of carboxylic acid groups (broad SMARTS) is 1. The zero-order valence-electron chi connectivity index (χ0n) is 16.7. The Morgan fingerprint density at radius 2 is 1.97 bits per heavy atom. The number of hydrogen-bond acceptors (Lipinski definition) is 4. The number of ether oxygens (including phenoxy) is 1. The van der Waals surface area contributed by atoms with Gasteiger partial charge in [0, 0.05) is 42.5 Å². The number of fused-ring (bicyclic) bond motifs is 1. The fourth-order valence-electron chi connectivity index (χ4n) is 5.19. The molecule has 2 aliphatic rings. The zero-order valence-corrected chi connectivity index (χ0v) is 16.7. The van der Waals surface area contributed by atoms with Crippen LogP contribution in [0, 0.1) is 12.8 Å². The number of halogens is 2. The highest BCUT2D eigenvalue weighted by atomic mass is 19.3. The van der Waals surface area contributed by atoms with Gasteiger partial charge in [-0.25, -0.2) is 9.78 Å². The summed E-state index contributed by atoms with van der Waals surface area (Å²) in [5.41, 5.74) is 1.81. The van der Waals surface area contributed by atoms with Crippen LogP contribution in [0.3, 0.4) is 0 Å². The largest absolute Gasteiger partial charge is 0.478 e. The smallest absolute Gasteiger partial charge is 0.345 e. The first-order valence-electron chi connectivity index (χ1n) is 10.2. The van der Waals surface area contributed by atoms with Crippen LogP contribution in [-0.4, -0.2) is 57.4 Å². The quantitative estimate of drug-likeness (QED) is 0.781. The van der Waals surface area contributed by atoms with Crippen molar-refractivity contribution >= 4 is 17.0 Å². The van der Waals surface area contributed by atoms with Crippen molar-refractivity contribution in [2.75, 3.05) is 13.1 Å². The van der Waals surface area contributed by atoms with Crippen LogP contribution < -0.4 is 0 Å². The number of rotatable bonds is 6. The fraction of sp³-hybridized carbons (Fsp3) is 0.619. The second-order valence-electron chi connectivity index (χ2n) is 8.29. The van der Waals surface area contributed by atoms with E-state index in [2.05, 4.69) is 26.1 Å². The monoisotopic (exact) mass is 407 g/mol. The van der Waals surface area contributed by atoms with Gasteiger partial charge in [0.1, 0.15) is 5.65 Å². The van der Waals surface area contributed by atoms with E-state index in [1.54, 1.807) is 12.3 Å². The van der Waals surface area contributed by atoms with Crippen molar-refractivity contribution in [1.29, 1.82) is 0 Å². The molecule has 1 aliphatic carbocycles. The number of aromatic nitrogens is 2. The molecule has 6 nitrogen and oxygen atoms in total. The average molecular weight is 407 g/mol. The zero-order chi connectivity index (χ0) is 20.7. The predicted molar refractivity (Wildman–Crippen MR) is 104 cm³/mol. The molecule has 3 heterocycles. The molecule has 0 aromatic carbocycles. The lowest BCUT2D eigenvalue weighted by atomic mass is 9.80. The van der Waals surface area contributed by atoms with Crippen molar-refractivity contribution in [3.8, 4) is 0 Å². The van der Waals surface area contributed by atoms with Gasteiger partial charge in [0.15, 0.2) is 0 Å². The minimum atomic E-state index is -2.69. The van der Waals surface area contributed by atoms with Crippen molar-refractivity contribution in [2.24, 2.45) is 5.92 Å². The number of alkyl halides is 2. The van der Waals surface area contributed by atoms with E-state index >= 15 is 0 Å². The summed E-state index contributed by atoms with van der Waals surface area (Å²) in [6, 6.07) is 4.16. The Balaban J connectivity index is 1.44. The number of carboxylic acids is 1. The number of aromatic carboxylic acids is 1. The van der Waals surface area contributed by atoms with Gasteiger partial charge < -0.3 is 14.4 Å². The second-order valence-corrected chi connectivity index (χ2v) is 8.29. The summed E-state index contributed by atoms with van der Waals surface area (Å²) < 4.78 is 31.2. The molecule has 0 amide bonds. The topological polar surface area (TPSA) is 67.6 Å². The maximum atomic E-state index is 12.3. The molecular weight excluding hydrogens is 380 g/mol. The highest BCUT2D eigenvalue weighted by Gasteiger charge is 2.37. The van der Waals surface area contributed by atoms with Gasteiger partial charge in [0.05, 0.1) is 11.7 Å². The number of hydrogen-bond donors (Lipinski definition) is 1. The predicted octanol–water partition coefficient (Wildman–Crippen LogP) is 4.09. The van der Waals surface area contributed by atoms with Crippen LogP contribution in [0.1, 0.15) is 54.7 Å². The van der Waals surface area contributed by atoms with Gasteiger partial charge in [-0.3, -0.25) is 4.90 Å². The molecule has 1 saturated carbocycles. The molecule has 1 aliphatic heterocycles. The molecule has 158 valence electrons. The highest BCUT2D eigenvalue weighted by Crippen LogP contribution is 2.39. The van der Waals surface area contributed by atoms with Crippen LogP contribution in [0.15, 0.2) is 18.3 Å². The molecule has 1 atom stereocenters. The van der Waals surface area contributed by atoms with Gasteiger partial charge in [-0.05, 0) is 57.6 Å². The van der Waals surface area contributed by atoms with Crippen LogP contribution in [0.2, 0.25) is 0 Å². The first-order valence-corrected chi connectivity index (χ1v) is 10.2. The summed E-state index contributed by atoms with van der Waals surface area (Å²) in [7, 11) is 0. The van der Waals surface area contributed by atoms with Gasteiger partial charge in [-0.2, -0.15) is 8.78 Å². The minimum absolute atomic E-state index is 0.146. The Morgan fingerprint density at radius 1 is 1.28 bits per heavy atom. The summed E-state index contributed by atoms with van der Waals surface area (Å²) >= 11 is 0. The molecule has 2 aromatic rings. The summed E-state index contributed by atoms with van der Waals surface area (Å²) in [5, 5.41) is 10.4. The molecule has 1 unspecified atom stereocenters. The highest BCUT2D eigenvalue weighted by molar-refractivity contribution is 6.04. The van der Waals surface area contributed by atoms with Gasteiger partial charge in [-0.1, -0.05) is 0 Å². The van der Waals surface area contributed by atoms with Gasteiger partial charge in [0.2, 0.25) is 0 Å². The maximum absolute atomic E-state index is 12.3. The van der Waals surface area contributed by atoms with E-state index in [9.17, 15) is 18.7 Å². The molecular formula is C21H27F2N3O3. The van der Waals surface area contributed by atoms with Crippen molar-refractivity contribution < 1.29 is 23.4 Å². The van der Waals surface area contributed by atoms with Crippen molar-refractivity contribution in [3.63, 3.8) is 0 Å². The second kappa shape index (κ2) is 7.99. The summed E-state index contributed by atoms with van der Waals surface area (Å²) in [6.45, 7) is 2.48. The molecule has 0 radical (unpaired) electrons. The molecule has 2 aromatic heterocycles. The normalized spacial score (nSPS) is 24.7. The number of pyridine rings is 1. The third-order valence-electron chi connectivity index (χ3n) is 6.74. The van der Waals surface area contributed by atoms with E-state index in [1.165, 1.54) is 0 Å². The van der Waals surface area contributed by atoms with Gasteiger partial charge >= 0.3 is 12.6 Å². The van der Waals surface area contributed by atoms with Gasteiger partial charge in [-0.15, -0.1) is 0 Å². The van der Waals surface area contributed by atoms with Crippen LogP contribution in [0.4, 0.5) is 8.78 Å². The first kappa shape index (κ1) is 20.2. The van der Waals surface area contributed by atoms with Crippen LogP contribution in [0.5, 0.6) is 0 Å². The molecule has 4 rings (SSSR count). The lowest BCUT2D eigenvalue weighted by Crippen LogP contribution is -2.57. The lowest BCUT2D eigenvalue weighted by Gasteiger charge is -2.46. The Kier molecular flexibility index (Phi) is 5.57. The Morgan fingerprint density at radius 3 is 2.59 bits per heavy atom.